The smallest absolute Gasteiger partial charge is 0.170 e. The molecule has 1 aliphatic rings. The van der Waals surface area contributed by atoms with Crippen molar-refractivity contribution in [2.24, 2.45) is 0 Å². The minimum atomic E-state index is -0.471. The number of halogens is 2. The average Bonchev–Trinajstić information content (AvgIpc) is 2.49. The van der Waals surface area contributed by atoms with Gasteiger partial charge >= 0.3 is 0 Å². The molecular formula is C16H12BrFO3. The fourth-order valence-electron chi connectivity index (χ4n) is 2.33. The molecule has 21 heavy (non-hydrogen) atoms. The van der Waals surface area contributed by atoms with Crippen molar-refractivity contribution >= 4 is 21.7 Å². The van der Waals surface area contributed by atoms with E-state index in [9.17, 15) is 9.18 Å². The lowest BCUT2D eigenvalue weighted by Crippen LogP contribution is -2.20. The predicted octanol–water partition coefficient (Wildman–Crippen LogP) is 4.30. The zero-order valence-corrected chi connectivity index (χ0v) is 12.8. The number of hydrogen-bond acceptors (Lipinski definition) is 3. The van der Waals surface area contributed by atoms with Gasteiger partial charge < -0.3 is 9.47 Å². The molecule has 1 aliphatic heterocycles. The van der Waals surface area contributed by atoms with Gasteiger partial charge in [0.25, 0.3) is 0 Å². The largest absolute Gasteiger partial charge is 0.497 e. The minimum absolute atomic E-state index is 0.0384. The Morgan fingerprint density at radius 1 is 1.29 bits per heavy atom. The molecule has 2 aromatic rings. The highest BCUT2D eigenvalue weighted by Gasteiger charge is 2.28. The van der Waals surface area contributed by atoms with E-state index < -0.39 is 6.10 Å². The Labute approximate surface area is 129 Å². The first-order chi connectivity index (χ1) is 10.1. The molecule has 0 fully saturated rings. The number of carbonyl (C=O) groups excluding carboxylic acids is 1. The van der Waals surface area contributed by atoms with E-state index in [1.807, 2.05) is 0 Å². The quantitative estimate of drug-likeness (QED) is 0.809. The van der Waals surface area contributed by atoms with E-state index in [1.165, 1.54) is 6.07 Å². The molecule has 0 radical (unpaired) electrons. The van der Waals surface area contributed by atoms with Crippen LogP contribution >= 0.6 is 15.9 Å². The number of fused-ring (bicyclic) bond motifs is 1. The normalized spacial score (nSPS) is 17.1. The Balaban J connectivity index is 1.94. The SMILES string of the molecule is COc1ccc2c(c1)C(=O)CC(c1ccc(Br)c(F)c1)O2. The second-order valence-corrected chi connectivity index (χ2v) is 5.62. The van der Waals surface area contributed by atoms with Crippen LogP contribution in [0.3, 0.4) is 0 Å². The molecule has 0 aliphatic carbocycles. The molecule has 3 nitrogen and oxygen atoms in total. The number of methoxy groups -OCH3 is 1. The van der Waals surface area contributed by atoms with Crippen LogP contribution in [0, 0.1) is 5.82 Å². The number of ether oxygens (including phenoxy) is 2. The fourth-order valence-corrected chi connectivity index (χ4v) is 2.58. The molecule has 1 heterocycles. The summed E-state index contributed by atoms with van der Waals surface area (Å²) in [5.74, 6) is 0.701. The molecule has 0 N–H and O–H groups in total. The van der Waals surface area contributed by atoms with Crippen LogP contribution in [-0.2, 0) is 0 Å². The number of rotatable bonds is 2. The van der Waals surface area contributed by atoms with Gasteiger partial charge in [0.05, 0.1) is 23.6 Å². The molecule has 0 aromatic heterocycles. The Morgan fingerprint density at radius 3 is 2.81 bits per heavy atom. The third-order valence-electron chi connectivity index (χ3n) is 3.44. The van der Waals surface area contributed by atoms with E-state index >= 15 is 0 Å². The number of hydrogen-bond donors (Lipinski definition) is 0. The van der Waals surface area contributed by atoms with Crippen LogP contribution in [0.4, 0.5) is 4.39 Å². The van der Waals surface area contributed by atoms with Crippen LogP contribution in [0.2, 0.25) is 0 Å². The Morgan fingerprint density at radius 2 is 2.10 bits per heavy atom. The maximum absolute atomic E-state index is 13.6. The highest BCUT2D eigenvalue weighted by molar-refractivity contribution is 9.10. The van der Waals surface area contributed by atoms with Crippen molar-refractivity contribution in [2.75, 3.05) is 7.11 Å². The van der Waals surface area contributed by atoms with Gasteiger partial charge in [-0.25, -0.2) is 4.39 Å². The maximum Gasteiger partial charge on any atom is 0.170 e. The second kappa shape index (κ2) is 5.48. The van der Waals surface area contributed by atoms with Crippen LogP contribution in [-0.4, -0.2) is 12.9 Å². The van der Waals surface area contributed by atoms with Crippen molar-refractivity contribution in [3.63, 3.8) is 0 Å². The number of Topliss-reactive ketones (excluding diaryl/α,β-unsaturated/α-hetero) is 1. The molecule has 2 aromatic carbocycles. The molecule has 108 valence electrons. The first-order valence-electron chi connectivity index (χ1n) is 6.41. The van der Waals surface area contributed by atoms with Crippen molar-refractivity contribution in [2.45, 2.75) is 12.5 Å². The second-order valence-electron chi connectivity index (χ2n) is 4.77. The molecule has 1 atom stereocenters. The van der Waals surface area contributed by atoms with Gasteiger partial charge in [0.15, 0.2) is 5.78 Å². The predicted molar refractivity (Wildman–Crippen MR) is 79.4 cm³/mol. The lowest BCUT2D eigenvalue weighted by atomic mass is 9.96. The van der Waals surface area contributed by atoms with Gasteiger partial charge in [0.2, 0.25) is 0 Å². The van der Waals surface area contributed by atoms with E-state index in [0.29, 0.717) is 27.1 Å². The number of ketones is 1. The molecule has 0 saturated heterocycles. The maximum atomic E-state index is 13.6. The van der Waals surface area contributed by atoms with Gasteiger partial charge in [-0.15, -0.1) is 0 Å². The summed E-state index contributed by atoms with van der Waals surface area (Å²) in [4.78, 5) is 12.3. The molecular weight excluding hydrogens is 339 g/mol. The molecule has 5 heteroatoms. The Hall–Kier alpha value is -1.88. The van der Waals surface area contributed by atoms with E-state index in [4.69, 9.17) is 9.47 Å². The van der Waals surface area contributed by atoms with Crippen LogP contribution in [0.25, 0.3) is 0 Å². The summed E-state index contributed by atoms with van der Waals surface area (Å²) in [5, 5.41) is 0. The number of carbonyl (C=O) groups is 1. The van der Waals surface area contributed by atoms with Crippen molar-refractivity contribution < 1.29 is 18.7 Å². The van der Waals surface area contributed by atoms with Crippen LogP contribution in [0.15, 0.2) is 40.9 Å². The topological polar surface area (TPSA) is 35.5 Å². The lowest BCUT2D eigenvalue weighted by Gasteiger charge is -2.26. The van der Waals surface area contributed by atoms with Crippen LogP contribution < -0.4 is 9.47 Å². The first-order valence-corrected chi connectivity index (χ1v) is 7.20. The zero-order chi connectivity index (χ0) is 15.0. The van der Waals surface area contributed by atoms with Crippen molar-refractivity contribution in [3.05, 3.63) is 57.8 Å². The first kappa shape index (κ1) is 14.1. The van der Waals surface area contributed by atoms with Crippen molar-refractivity contribution in [1.29, 1.82) is 0 Å². The summed E-state index contributed by atoms with van der Waals surface area (Å²) in [6, 6.07) is 9.85. The molecule has 0 amide bonds. The standard InChI is InChI=1S/C16H12BrFO3/c1-20-10-3-5-15-11(7-10)14(19)8-16(21-15)9-2-4-12(17)13(18)6-9/h2-7,16H,8H2,1H3. The highest BCUT2D eigenvalue weighted by Crippen LogP contribution is 2.37. The highest BCUT2D eigenvalue weighted by atomic mass is 79.9. The third-order valence-corrected chi connectivity index (χ3v) is 4.09. The fraction of sp³-hybridized carbons (Fsp3) is 0.188. The summed E-state index contributed by atoms with van der Waals surface area (Å²) in [6.07, 6.45) is -0.290. The summed E-state index contributed by atoms with van der Waals surface area (Å²) < 4.78 is 24.9. The van der Waals surface area contributed by atoms with Gasteiger partial charge in [0, 0.05) is 0 Å². The van der Waals surface area contributed by atoms with Gasteiger partial charge in [-0.1, -0.05) is 6.07 Å². The van der Waals surface area contributed by atoms with Crippen LogP contribution in [0.1, 0.15) is 28.4 Å². The molecule has 3 rings (SSSR count). The van der Waals surface area contributed by atoms with Crippen LogP contribution in [0.5, 0.6) is 11.5 Å². The lowest BCUT2D eigenvalue weighted by molar-refractivity contribution is 0.0849. The van der Waals surface area contributed by atoms with Gasteiger partial charge in [-0.3, -0.25) is 4.79 Å². The average molecular weight is 351 g/mol. The van der Waals surface area contributed by atoms with E-state index in [-0.39, 0.29) is 18.0 Å². The molecule has 0 saturated carbocycles. The van der Waals surface area contributed by atoms with Crippen molar-refractivity contribution in [3.8, 4) is 11.5 Å². The summed E-state index contributed by atoms with van der Waals surface area (Å²) in [7, 11) is 1.54. The summed E-state index contributed by atoms with van der Waals surface area (Å²) in [6.45, 7) is 0. The summed E-state index contributed by atoms with van der Waals surface area (Å²) in [5.41, 5.74) is 1.15. The van der Waals surface area contributed by atoms with Gasteiger partial charge in [0.1, 0.15) is 23.4 Å². The number of benzene rings is 2. The van der Waals surface area contributed by atoms with Gasteiger partial charge in [-0.2, -0.15) is 0 Å². The monoisotopic (exact) mass is 350 g/mol. The van der Waals surface area contributed by atoms with Crippen molar-refractivity contribution in [1.82, 2.24) is 0 Å². The van der Waals surface area contributed by atoms with Gasteiger partial charge in [-0.05, 0) is 51.8 Å². The van der Waals surface area contributed by atoms with E-state index in [1.54, 1.807) is 37.4 Å². The van der Waals surface area contributed by atoms with E-state index in [0.717, 1.165) is 0 Å². The Bertz CT molecular complexity index is 715. The summed E-state index contributed by atoms with van der Waals surface area (Å²) >= 11 is 3.11. The third kappa shape index (κ3) is 2.65. The molecule has 0 spiro atoms. The van der Waals surface area contributed by atoms with E-state index in [2.05, 4.69) is 15.9 Å². The minimum Gasteiger partial charge on any atom is -0.497 e. The Kier molecular flexibility index (Phi) is 3.68. The zero-order valence-electron chi connectivity index (χ0n) is 11.2. The molecule has 1 unspecified atom stereocenters. The molecule has 0 bridgehead atoms.